The number of hydrogen-bond donors (Lipinski definition) is 1. The molecule has 0 spiro atoms. The van der Waals surface area contributed by atoms with E-state index in [2.05, 4.69) is 20.5 Å². The van der Waals surface area contributed by atoms with Crippen LogP contribution in [-0.4, -0.2) is 25.7 Å². The molecule has 0 saturated heterocycles. The number of hydrogen-bond acceptors (Lipinski definition) is 5. The van der Waals surface area contributed by atoms with Gasteiger partial charge in [-0.3, -0.25) is 9.36 Å². The number of carbonyl (C=O) groups is 1. The van der Waals surface area contributed by atoms with E-state index in [-0.39, 0.29) is 5.91 Å². The van der Waals surface area contributed by atoms with E-state index in [0.29, 0.717) is 23.1 Å². The van der Waals surface area contributed by atoms with Crippen LogP contribution >= 0.6 is 0 Å². The van der Waals surface area contributed by atoms with Crippen molar-refractivity contribution in [1.29, 1.82) is 0 Å². The van der Waals surface area contributed by atoms with Gasteiger partial charge in [0.25, 0.3) is 0 Å². The molecule has 142 valence electrons. The second kappa shape index (κ2) is 8.62. The van der Waals surface area contributed by atoms with Crippen LogP contribution < -0.4 is 10.1 Å². The highest BCUT2D eigenvalue weighted by atomic mass is 16.5. The van der Waals surface area contributed by atoms with Gasteiger partial charge in [-0.25, -0.2) is 4.98 Å². The first-order valence-corrected chi connectivity index (χ1v) is 8.90. The number of rotatable bonds is 6. The molecule has 0 aliphatic heterocycles. The van der Waals surface area contributed by atoms with Crippen LogP contribution in [0.2, 0.25) is 0 Å². The summed E-state index contributed by atoms with van der Waals surface area (Å²) in [7, 11) is 0. The number of nitrogens with zero attached hydrogens (tertiary/aromatic N) is 4. The summed E-state index contributed by atoms with van der Waals surface area (Å²) in [6, 6.07) is 20.2. The molecule has 2 aromatic heterocycles. The van der Waals surface area contributed by atoms with E-state index in [0.717, 1.165) is 5.56 Å². The number of nitrogens with one attached hydrogen (secondary N) is 1. The minimum atomic E-state index is -0.205. The lowest BCUT2D eigenvalue weighted by Crippen LogP contribution is -2.07. The first-order chi connectivity index (χ1) is 14.3. The Balaban J connectivity index is 1.34. The molecule has 0 radical (unpaired) electrons. The summed E-state index contributed by atoms with van der Waals surface area (Å²) in [4.78, 5) is 16.0. The maximum absolute atomic E-state index is 12.0. The van der Waals surface area contributed by atoms with Gasteiger partial charge in [-0.2, -0.15) is 0 Å². The Morgan fingerprint density at radius 3 is 2.48 bits per heavy atom. The van der Waals surface area contributed by atoms with Crippen LogP contribution in [-0.2, 0) is 4.79 Å². The van der Waals surface area contributed by atoms with Crippen molar-refractivity contribution in [2.75, 3.05) is 5.32 Å². The lowest BCUT2D eigenvalue weighted by molar-refractivity contribution is -0.111. The van der Waals surface area contributed by atoms with E-state index >= 15 is 0 Å². The van der Waals surface area contributed by atoms with Crippen LogP contribution in [0, 0.1) is 0 Å². The number of imidazole rings is 1. The van der Waals surface area contributed by atoms with E-state index < -0.39 is 0 Å². The van der Waals surface area contributed by atoms with Crippen molar-refractivity contribution in [2.24, 2.45) is 0 Å². The first-order valence-electron chi connectivity index (χ1n) is 8.90. The lowest BCUT2D eigenvalue weighted by Gasteiger charge is -2.07. The molecule has 4 aromatic rings. The van der Waals surface area contributed by atoms with Gasteiger partial charge in [0.15, 0.2) is 5.82 Å². The van der Waals surface area contributed by atoms with Gasteiger partial charge in [0, 0.05) is 30.2 Å². The summed E-state index contributed by atoms with van der Waals surface area (Å²) in [5, 5.41) is 11.0. The summed E-state index contributed by atoms with van der Waals surface area (Å²) in [6.45, 7) is 0. The molecule has 0 unspecified atom stereocenters. The Bertz CT molecular complexity index is 1090. The summed E-state index contributed by atoms with van der Waals surface area (Å²) in [6.07, 6.45) is 8.36. The highest BCUT2D eigenvalue weighted by Crippen LogP contribution is 2.21. The van der Waals surface area contributed by atoms with Crippen molar-refractivity contribution in [3.63, 3.8) is 0 Å². The average Bonchev–Trinajstić information content (AvgIpc) is 3.30. The molecule has 2 heterocycles. The van der Waals surface area contributed by atoms with Gasteiger partial charge in [0.1, 0.15) is 12.1 Å². The molecule has 29 heavy (non-hydrogen) atoms. The molecule has 0 bridgehead atoms. The molecule has 1 amide bonds. The van der Waals surface area contributed by atoms with Crippen LogP contribution in [0.3, 0.4) is 0 Å². The third kappa shape index (κ3) is 4.92. The van der Waals surface area contributed by atoms with Gasteiger partial charge in [-0.05, 0) is 42.0 Å². The van der Waals surface area contributed by atoms with Crippen LogP contribution in [0.5, 0.6) is 11.6 Å². The number of amides is 1. The second-order valence-electron chi connectivity index (χ2n) is 6.06. The molecule has 1 N–H and O–H groups in total. The summed E-state index contributed by atoms with van der Waals surface area (Å²) in [5.41, 5.74) is 1.63. The molecule has 0 atom stereocenters. The highest BCUT2D eigenvalue weighted by molar-refractivity contribution is 6.01. The van der Waals surface area contributed by atoms with Crippen molar-refractivity contribution in [3.8, 4) is 17.4 Å². The Kier molecular flexibility index (Phi) is 5.39. The maximum Gasteiger partial charge on any atom is 0.248 e. The van der Waals surface area contributed by atoms with Crippen LogP contribution in [0.4, 0.5) is 5.69 Å². The summed E-state index contributed by atoms with van der Waals surface area (Å²) < 4.78 is 7.44. The number of ether oxygens (including phenoxy) is 1. The predicted molar refractivity (Wildman–Crippen MR) is 110 cm³/mol. The molecule has 0 fully saturated rings. The SMILES string of the molecule is O=C(/C=C/c1ccccc1)Nc1ccc(Oc2ccc(-n3ccnc3)nn2)cc1. The van der Waals surface area contributed by atoms with Crippen LogP contribution in [0.25, 0.3) is 11.9 Å². The Labute approximate surface area is 167 Å². The van der Waals surface area contributed by atoms with Gasteiger partial charge in [-0.15, -0.1) is 10.2 Å². The third-order valence-electron chi connectivity index (χ3n) is 3.97. The van der Waals surface area contributed by atoms with Crippen molar-refractivity contribution in [1.82, 2.24) is 19.7 Å². The topological polar surface area (TPSA) is 81.9 Å². The van der Waals surface area contributed by atoms with Crippen molar-refractivity contribution in [3.05, 3.63) is 97.1 Å². The molecule has 0 aliphatic rings. The van der Waals surface area contributed by atoms with Crippen molar-refractivity contribution < 1.29 is 9.53 Å². The first kappa shape index (κ1) is 18.1. The third-order valence-corrected chi connectivity index (χ3v) is 3.97. The molecular weight excluding hydrogens is 366 g/mol. The Morgan fingerprint density at radius 2 is 1.79 bits per heavy atom. The van der Waals surface area contributed by atoms with E-state index in [9.17, 15) is 4.79 Å². The number of anilines is 1. The minimum absolute atomic E-state index is 0.205. The van der Waals surface area contributed by atoms with Gasteiger partial charge < -0.3 is 10.1 Å². The van der Waals surface area contributed by atoms with Crippen molar-refractivity contribution >= 4 is 17.7 Å². The smallest absolute Gasteiger partial charge is 0.248 e. The monoisotopic (exact) mass is 383 g/mol. The number of benzene rings is 2. The van der Waals surface area contributed by atoms with E-state index in [4.69, 9.17) is 4.74 Å². The average molecular weight is 383 g/mol. The Morgan fingerprint density at radius 1 is 0.966 bits per heavy atom. The minimum Gasteiger partial charge on any atom is -0.438 e. The summed E-state index contributed by atoms with van der Waals surface area (Å²) >= 11 is 0. The standard InChI is InChI=1S/C22H17N5O2/c28-21(12-6-17-4-2-1-3-5-17)24-18-7-9-19(10-8-18)29-22-13-11-20(25-26-22)27-15-14-23-16-27/h1-16H,(H,24,28)/b12-6+. The van der Waals surface area contributed by atoms with E-state index in [1.807, 2.05) is 30.3 Å². The van der Waals surface area contributed by atoms with Gasteiger partial charge >= 0.3 is 0 Å². The fourth-order valence-corrected chi connectivity index (χ4v) is 2.55. The molecule has 7 nitrogen and oxygen atoms in total. The molecular formula is C22H17N5O2. The van der Waals surface area contributed by atoms with Gasteiger partial charge in [-0.1, -0.05) is 30.3 Å². The molecule has 2 aromatic carbocycles. The zero-order chi connectivity index (χ0) is 19.9. The van der Waals surface area contributed by atoms with Gasteiger partial charge in [0.05, 0.1) is 0 Å². The molecule has 0 aliphatic carbocycles. The normalized spacial score (nSPS) is 10.8. The molecule has 0 saturated carbocycles. The second-order valence-corrected chi connectivity index (χ2v) is 6.06. The number of aromatic nitrogens is 4. The predicted octanol–water partition coefficient (Wildman–Crippen LogP) is 4.11. The lowest BCUT2D eigenvalue weighted by atomic mass is 10.2. The largest absolute Gasteiger partial charge is 0.438 e. The molecule has 4 rings (SSSR count). The zero-order valence-corrected chi connectivity index (χ0v) is 15.3. The molecule has 7 heteroatoms. The summed E-state index contributed by atoms with van der Waals surface area (Å²) in [5.74, 6) is 1.41. The quantitative estimate of drug-likeness (QED) is 0.507. The highest BCUT2D eigenvalue weighted by Gasteiger charge is 2.03. The van der Waals surface area contributed by atoms with Crippen LogP contribution in [0.1, 0.15) is 5.56 Å². The number of carbonyl (C=O) groups excluding carboxylic acids is 1. The maximum atomic E-state index is 12.0. The van der Waals surface area contributed by atoms with Crippen molar-refractivity contribution in [2.45, 2.75) is 0 Å². The fourth-order valence-electron chi connectivity index (χ4n) is 2.55. The van der Waals surface area contributed by atoms with Crippen LogP contribution in [0.15, 0.2) is 91.5 Å². The van der Waals surface area contributed by atoms with E-state index in [1.165, 1.54) is 6.08 Å². The van der Waals surface area contributed by atoms with E-state index in [1.54, 1.807) is 65.8 Å². The Hall–Kier alpha value is -4.26. The zero-order valence-electron chi connectivity index (χ0n) is 15.3. The fraction of sp³-hybridized carbons (Fsp3) is 0. The van der Waals surface area contributed by atoms with Gasteiger partial charge in [0.2, 0.25) is 11.8 Å².